The van der Waals surface area contributed by atoms with E-state index in [0.29, 0.717) is 13.0 Å². The van der Waals surface area contributed by atoms with E-state index in [4.69, 9.17) is 0 Å². The predicted molar refractivity (Wildman–Crippen MR) is 156 cm³/mol. The van der Waals surface area contributed by atoms with Crippen molar-refractivity contribution in [3.8, 4) is 5.75 Å². The molecule has 12 heteroatoms. The lowest BCUT2D eigenvalue weighted by molar-refractivity contribution is -0.274. The van der Waals surface area contributed by atoms with Crippen LogP contribution in [0.2, 0.25) is 0 Å². The smallest absolute Gasteiger partial charge is 0.406 e. The van der Waals surface area contributed by atoms with Gasteiger partial charge in [0.05, 0.1) is 6.04 Å². The molecule has 2 aliphatic rings. The highest BCUT2D eigenvalue weighted by atomic mass is 79.9. The maximum atomic E-state index is 13.4. The molecule has 3 amide bonds. The van der Waals surface area contributed by atoms with E-state index < -0.39 is 23.9 Å². The van der Waals surface area contributed by atoms with Gasteiger partial charge in [-0.25, -0.2) is 0 Å². The Morgan fingerprint density at radius 3 is 2.31 bits per heavy atom. The van der Waals surface area contributed by atoms with Crippen molar-refractivity contribution < 1.29 is 32.3 Å². The standard InChI is InChI=1S/C30H36BrF3N4O4/c31-23-8-6-21(7-9-23)26-18-22(19-27(39)36-24-10-12-25(13-11-24)42-30(32,33)34)29(41)38(26)20-28(40)35-14-2-5-17-37-15-3-1-4-16-37/h6-13,22,26H,1-5,14-20H2,(H,35,40)(H,36,39)/t22-,26-/m1/s1. The number of ether oxygens (including phenoxy) is 1. The van der Waals surface area contributed by atoms with Gasteiger partial charge in [0.2, 0.25) is 17.7 Å². The van der Waals surface area contributed by atoms with E-state index in [-0.39, 0.29) is 36.5 Å². The normalized spacial score (nSPS) is 19.5. The Bertz CT molecular complexity index is 1200. The molecule has 0 radical (unpaired) electrons. The van der Waals surface area contributed by atoms with Crippen molar-refractivity contribution in [2.24, 2.45) is 5.92 Å². The lowest BCUT2D eigenvalue weighted by atomic mass is 9.97. The molecular weight excluding hydrogens is 617 g/mol. The molecule has 2 aromatic rings. The zero-order valence-electron chi connectivity index (χ0n) is 23.3. The molecule has 2 saturated heterocycles. The third-order valence-corrected chi connectivity index (χ3v) is 8.09. The minimum Gasteiger partial charge on any atom is -0.406 e. The van der Waals surface area contributed by atoms with Crippen LogP contribution in [0.15, 0.2) is 53.0 Å². The van der Waals surface area contributed by atoms with Crippen LogP contribution in [-0.4, -0.2) is 66.6 Å². The van der Waals surface area contributed by atoms with Gasteiger partial charge in [0.1, 0.15) is 12.3 Å². The van der Waals surface area contributed by atoms with Crippen molar-refractivity contribution in [1.82, 2.24) is 15.1 Å². The summed E-state index contributed by atoms with van der Waals surface area (Å²) < 4.78 is 41.9. The van der Waals surface area contributed by atoms with Crippen molar-refractivity contribution in [2.75, 3.05) is 38.0 Å². The molecule has 0 aromatic heterocycles. The number of unbranched alkanes of at least 4 members (excludes halogenated alkanes) is 1. The second kappa shape index (κ2) is 14.9. The highest BCUT2D eigenvalue weighted by Crippen LogP contribution is 2.38. The predicted octanol–water partition coefficient (Wildman–Crippen LogP) is 5.65. The van der Waals surface area contributed by atoms with E-state index >= 15 is 0 Å². The van der Waals surface area contributed by atoms with Gasteiger partial charge in [0.25, 0.3) is 0 Å². The summed E-state index contributed by atoms with van der Waals surface area (Å²) in [5.74, 6) is -2.03. The maximum absolute atomic E-state index is 13.4. The number of anilines is 1. The molecule has 2 fully saturated rings. The summed E-state index contributed by atoms with van der Waals surface area (Å²) in [6.07, 6.45) is 1.07. The molecule has 0 unspecified atom stereocenters. The van der Waals surface area contributed by atoms with Crippen LogP contribution < -0.4 is 15.4 Å². The minimum atomic E-state index is -4.81. The first-order valence-corrected chi connectivity index (χ1v) is 15.1. The molecule has 0 bridgehead atoms. The van der Waals surface area contributed by atoms with Gasteiger partial charge in [0.15, 0.2) is 0 Å². The van der Waals surface area contributed by atoms with Gasteiger partial charge < -0.3 is 25.2 Å². The van der Waals surface area contributed by atoms with Crippen LogP contribution >= 0.6 is 15.9 Å². The Kier molecular flexibility index (Phi) is 11.3. The number of likely N-dealkylation sites (tertiary alicyclic amines) is 2. The number of hydrogen-bond donors (Lipinski definition) is 2. The number of alkyl halides is 3. The van der Waals surface area contributed by atoms with Crippen LogP contribution in [0.3, 0.4) is 0 Å². The van der Waals surface area contributed by atoms with Crippen molar-refractivity contribution in [3.05, 3.63) is 58.6 Å². The van der Waals surface area contributed by atoms with E-state index in [1.165, 1.54) is 36.3 Å². The molecule has 2 N–H and O–H groups in total. The Labute approximate surface area is 252 Å². The Balaban J connectivity index is 1.31. The van der Waals surface area contributed by atoms with Crippen molar-refractivity contribution in [2.45, 2.75) is 57.3 Å². The third kappa shape index (κ3) is 9.72. The first kappa shape index (κ1) is 31.8. The lowest BCUT2D eigenvalue weighted by Crippen LogP contribution is -2.40. The fraction of sp³-hybridized carbons (Fsp3) is 0.500. The van der Waals surface area contributed by atoms with E-state index in [9.17, 15) is 27.6 Å². The number of nitrogens with one attached hydrogen (secondary N) is 2. The Hall–Kier alpha value is -3.12. The number of benzene rings is 2. The molecule has 0 saturated carbocycles. The Morgan fingerprint density at radius 2 is 1.64 bits per heavy atom. The second-order valence-electron chi connectivity index (χ2n) is 10.7. The molecule has 0 aliphatic carbocycles. The quantitative estimate of drug-likeness (QED) is 0.289. The molecular formula is C30H36BrF3N4O4. The van der Waals surface area contributed by atoms with E-state index in [1.54, 1.807) is 0 Å². The number of rotatable bonds is 12. The molecule has 2 aliphatic heterocycles. The summed E-state index contributed by atoms with van der Waals surface area (Å²) in [6, 6.07) is 11.9. The van der Waals surface area contributed by atoms with Gasteiger partial charge >= 0.3 is 6.36 Å². The number of carbonyl (C=O) groups is 3. The summed E-state index contributed by atoms with van der Waals surface area (Å²) in [5, 5.41) is 5.56. The van der Waals surface area contributed by atoms with Gasteiger partial charge in [-0.1, -0.05) is 34.5 Å². The van der Waals surface area contributed by atoms with Gasteiger partial charge in [-0.2, -0.15) is 0 Å². The van der Waals surface area contributed by atoms with E-state index in [1.807, 2.05) is 24.3 Å². The van der Waals surface area contributed by atoms with Crippen LogP contribution in [0.5, 0.6) is 5.75 Å². The number of carbonyl (C=O) groups excluding carboxylic acids is 3. The second-order valence-corrected chi connectivity index (χ2v) is 11.7. The van der Waals surface area contributed by atoms with Gasteiger partial charge in [-0.3, -0.25) is 14.4 Å². The number of nitrogens with zero attached hydrogens (tertiary/aromatic N) is 2. The number of piperidine rings is 1. The van der Waals surface area contributed by atoms with Crippen LogP contribution in [0.4, 0.5) is 18.9 Å². The highest BCUT2D eigenvalue weighted by molar-refractivity contribution is 9.10. The number of amides is 3. The molecule has 2 heterocycles. The fourth-order valence-corrected chi connectivity index (χ4v) is 5.77. The minimum absolute atomic E-state index is 0.107. The average Bonchev–Trinajstić information content (AvgIpc) is 3.24. The first-order valence-electron chi connectivity index (χ1n) is 14.3. The van der Waals surface area contributed by atoms with Crippen LogP contribution in [-0.2, 0) is 14.4 Å². The number of halogens is 4. The largest absolute Gasteiger partial charge is 0.573 e. The highest BCUT2D eigenvalue weighted by Gasteiger charge is 2.41. The van der Waals surface area contributed by atoms with Crippen LogP contribution in [0.1, 0.15) is 56.6 Å². The topological polar surface area (TPSA) is 91.0 Å². The molecule has 228 valence electrons. The average molecular weight is 654 g/mol. The molecule has 0 spiro atoms. The molecule has 42 heavy (non-hydrogen) atoms. The van der Waals surface area contributed by atoms with Gasteiger partial charge in [-0.15, -0.1) is 13.2 Å². The van der Waals surface area contributed by atoms with Gasteiger partial charge in [0, 0.05) is 29.0 Å². The van der Waals surface area contributed by atoms with Crippen molar-refractivity contribution >= 4 is 39.3 Å². The van der Waals surface area contributed by atoms with Crippen molar-refractivity contribution in [1.29, 1.82) is 0 Å². The van der Waals surface area contributed by atoms with E-state index in [2.05, 4.69) is 36.2 Å². The summed E-state index contributed by atoms with van der Waals surface area (Å²) in [5.41, 5.74) is 1.14. The first-order chi connectivity index (χ1) is 20.1. The SMILES string of the molecule is O=C(CN1C(=O)[C@@H](CC(=O)Nc2ccc(OC(F)(F)F)cc2)C[C@@H]1c1ccc(Br)cc1)NCCCCN1CCCCC1. The zero-order chi connectivity index (χ0) is 30.1. The van der Waals surface area contributed by atoms with Crippen molar-refractivity contribution in [3.63, 3.8) is 0 Å². The maximum Gasteiger partial charge on any atom is 0.573 e. The molecule has 2 aromatic carbocycles. The van der Waals surface area contributed by atoms with E-state index in [0.717, 1.165) is 54.6 Å². The third-order valence-electron chi connectivity index (χ3n) is 7.56. The summed E-state index contributed by atoms with van der Waals surface area (Å²) >= 11 is 3.42. The van der Waals surface area contributed by atoms with Crippen LogP contribution in [0.25, 0.3) is 0 Å². The lowest BCUT2D eigenvalue weighted by Gasteiger charge is -2.26. The summed E-state index contributed by atoms with van der Waals surface area (Å²) in [4.78, 5) is 43.1. The molecule has 2 atom stereocenters. The fourth-order valence-electron chi connectivity index (χ4n) is 5.50. The number of hydrogen-bond acceptors (Lipinski definition) is 5. The molecule has 8 nitrogen and oxygen atoms in total. The van der Waals surface area contributed by atoms with Gasteiger partial charge in [-0.05, 0) is 93.7 Å². The summed E-state index contributed by atoms with van der Waals surface area (Å²) in [6.45, 7) is 3.74. The summed E-state index contributed by atoms with van der Waals surface area (Å²) in [7, 11) is 0. The Morgan fingerprint density at radius 1 is 0.952 bits per heavy atom. The molecule has 4 rings (SSSR count). The zero-order valence-corrected chi connectivity index (χ0v) is 24.9. The van der Waals surface area contributed by atoms with Crippen LogP contribution in [0, 0.1) is 5.92 Å². The monoisotopic (exact) mass is 652 g/mol.